The molecule has 0 fully saturated rings. The van der Waals surface area contributed by atoms with Gasteiger partial charge in [-0.3, -0.25) is 4.79 Å². The van der Waals surface area contributed by atoms with Crippen LogP contribution in [-0.4, -0.2) is 38.8 Å². The Balaban J connectivity index is 1.82. The van der Waals surface area contributed by atoms with Crippen molar-refractivity contribution in [3.05, 3.63) is 90.0 Å². The van der Waals surface area contributed by atoms with E-state index in [2.05, 4.69) is 5.32 Å². The largest absolute Gasteiger partial charge is 0.497 e. The lowest BCUT2D eigenvalue weighted by Gasteiger charge is -2.22. The molecule has 0 aliphatic carbocycles. The van der Waals surface area contributed by atoms with Crippen molar-refractivity contribution in [2.45, 2.75) is 11.3 Å². The van der Waals surface area contributed by atoms with E-state index in [1.54, 1.807) is 0 Å². The summed E-state index contributed by atoms with van der Waals surface area (Å²) < 4.78 is 59.6. The summed E-state index contributed by atoms with van der Waals surface area (Å²) in [5.41, 5.74) is 0.661. The van der Waals surface area contributed by atoms with Crippen LogP contribution in [0.3, 0.4) is 0 Å². The van der Waals surface area contributed by atoms with E-state index in [4.69, 9.17) is 4.74 Å². The quantitative estimate of drug-likeness (QED) is 0.526. The van der Waals surface area contributed by atoms with Gasteiger partial charge in [-0.2, -0.15) is 4.31 Å². The lowest BCUT2D eigenvalue weighted by atomic mass is 10.1. The number of carbonyl (C=O) groups is 1. The molecule has 0 radical (unpaired) electrons. The highest BCUT2D eigenvalue weighted by Crippen LogP contribution is 2.21. The van der Waals surface area contributed by atoms with Crippen LogP contribution in [0.4, 0.5) is 14.5 Å². The van der Waals surface area contributed by atoms with E-state index in [0.717, 1.165) is 22.0 Å². The van der Waals surface area contributed by atoms with Crippen molar-refractivity contribution in [3.63, 3.8) is 0 Å². The van der Waals surface area contributed by atoms with Gasteiger partial charge in [0, 0.05) is 12.6 Å². The van der Waals surface area contributed by atoms with Crippen LogP contribution in [0.5, 0.6) is 5.75 Å². The number of methoxy groups -OCH3 is 1. The van der Waals surface area contributed by atoms with Crippen LogP contribution in [0.15, 0.2) is 77.7 Å². The van der Waals surface area contributed by atoms with Crippen LogP contribution >= 0.6 is 0 Å². The number of ether oxygens (including phenoxy) is 1. The summed E-state index contributed by atoms with van der Waals surface area (Å²) in [5.74, 6) is -2.00. The van der Waals surface area contributed by atoms with Crippen LogP contribution < -0.4 is 10.1 Å². The number of anilines is 1. The summed E-state index contributed by atoms with van der Waals surface area (Å²) in [6.45, 7) is -0.518. The molecule has 0 saturated heterocycles. The topological polar surface area (TPSA) is 75.7 Å². The maximum atomic E-state index is 13.9. The second-order valence-electron chi connectivity index (χ2n) is 6.92. The molecule has 3 rings (SSSR count). The molecule has 6 nitrogen and oxygen atoms in total. The third-order valence-corrected chi connectivity index (χ3v) is 6.57. The highest BCUT2D eigenvalue weighted by molar-refractivity contribution is 7.89. The SMILES string of the molecule is COc1ccc(S(=O)(=O)N(CCc2ccccc2)CC(=O)Nc2ccc(F)cc2F)cc1. The second-order valence-corrected chi connectivity index (χ2v) is 8.86. The van der Waals surface area contributed by atoms with E-state index in [-0.39, 0.29) is 17.1 Å². The van der Waals surface area contributed by atoms with Crippen LogP contribution in [-0.2, 0) is 21.2 Å². The fourth-order valence-electron chi connectivity index (χ4n) is 3.02. The molecule has 0 aliphatic heterocycles. The van der Waals surface area contributed by atoms with Crippen LogP contribution in [0.2, 0.25) is 0 Å². The van der Waals surface area contributed by atoms with Gasteiger partial charge in [0.25, 0.3) is 0 Å². The Bertz CT molecular complexity index is 1170. The molecule has 168 valence electrons. The maximum absolute atomic E-state index is 13.9. The highest BCUT2D eigenvalue weighted by Gasteiger charge is 2.27. The lowest BCUT2D eigenvalue weighted by Crippen LogP contribution is -2.39. The zero-order chi connectivity index (χ0) is 23.1. The predicted molar refractivity (Wildman–Crippen MR) is 117 cm³/mol. The number of sulfonamides is 1. The van der Waals surface area contributed by atoms with E-state index in [9.17, 15) is 22.0 Å². The van der Waals surface area contributed by atoms with E-state index in [0.29, 0.717) is 18.2 Å². The van der Waals surface area contributed by atoms with Gasteiger partial charge >= 0.3 is 0 Å². The highest BCUT2D eigenvalue weighted by atomic mass is 32.2. The Morgan fingerprint density at radius 1 is 1.00 bits per heavy atom. The molecule has 0 unspecified atom stereocenters. The summed E-state index contributed by atoms with van der Waals surface area (Å²) in [6, 6.07) is 17.7. The third kappa shape index (κ3) is 5.89. The molecule has 0 aromatic heterocycles. The van der Waals surface area contributed by atoms with Crippen molar-refractivity contribution in [2.24, 2.45) is 0 Å². The van der Waals surface area contributed by atoms with Crippen molar-refractivity contribution >= 4 is 21.6 Å². The Labute approximate surface area is 185 Å². The van der Waals surface area contributed by atoms with Crippen LogP contribution in [0, 0.1) is 11.6 Å². The number of nitrogens with one attached hydrogen (secondary N) is 1. The zero-order valence-corrected chi connectivity index (χ0v) is 18.1. The molecule has 0 saturated carbocycles. The van der Waals surface area contributed by atoms with Gasteiger partial charge < -0.3 is 10.1 Å². The van der Waals surface area contributed by atoms with Gasteiger partial charge in [-0.05, 0) is 48.4 Å². The number of hydrogen-bond acceptors (Lipinski definition) is 4. The van der Waals surface area contributed by atoms with E-state index in [1.807, 2.05) is 30.3 Å². The Morgan fingerprint density at radius 3 is 2.31 bits per heavy atom. The summed E-state index contributed by atoms with van der Waals surface area (Å²) in [4.78, 5) is 12.5. The smallest absolute Gasteiger partial charge is 0.243 e. The number of benzene rings is 3. The lowest BCUT2D eigenvalue weighted by molar-refractivity contribution is -0.116. The fourth-order valence-corrected chi connectivity index (χ4v) is 4.42. The monoisotopic (exact) mass is 460 g/mol. The fraction of sp³-hybridized carbons (Fsp3) is 0.174. The Hall–Kier alpha value is -3.30. The van der Waals surface area contributed by atoms with E-state index >= 15 is 0 Å². The predicted octanol–water partition coefficient (Wildman–Crippen LogP) is 3.85. The standard InChI is InChI=1S/C23H22F2N2O4S/c1-31-19-8-10-20(11-9-19)32(29,30)27(14-13-17-5-3-2-4-6-17)16-23(28)26-22-12-7-18(24)15-21(22)25/h2-12,15H,13-14,16H2,1H3,(H,26,28). The summed E-state index contributed by atoms with van der Waals surface area (Å²) >= 11 is 0. The maximum Gasteiger partial charge on any atom is 0.243 e. The molecule has 3 aromatic carbocycles. The molecule has 1 amide bonds. The van der Waals surface area contributed by atoms with Gasteiger partial charge in [0.15, 0.2) is 0 Å². The number of carbonyl (C=O) groups excluding carboxylic acids is 1. The minimum Gasteiger partial charge on any atom is -0.497 e. The van der Waals surface area contributed by atoms with Crippen LogP contribution in [0.25, 0.3) is 0 Å². The second kappa shape index (κ2) is 10.3. The molecule has 32 heavy (non-hydrogen) atoms. The average Bonchev–Trinajstić information content (AvgIpc) is 2.79. The number of hydrogen-bond donors (Lipinski definition) is 1. The van der Waals surface area contributed by atoms with Gasteiger partial charge in [0.2, 0.25) is 15.9 Å². The van der Waals surface area contributed by atoms with Crippen molar-refractivity contribution < 1.29 is 26.7 Å². The molecule has 9 heteroatoms. The van der Waals surface area contributed by atoms with Gasteiger partial charge in [0.05, 0.1) is 24.2 Å². The first-order chi connectivity index (χ1) is 15.3. The summed E-state index contributed by atoms with van der Waals surface area (Å²) in [5, 5.41) is 2.30. The summed E-state index contributed by atoms with van der Waals surface area (Å²) in [6.07, 6.45) is 0.369. The zero-order valence-electron chi connectivity index (χ0n) is 17.3. The minimum atomic E-state index is -4.04. The first-order valence-corrected chi connectivity index (χ1v) is 11.2. The molecule has 0 aliphatic rings. The molecular formula is C23H22F2N2O4S. The van der Waals surface area contributed by atoms with Crippen molar-refractivity contribution in [1.29, 1.82) is 0 Å². The average molecular weight is 461 g/mol. The normalized spacial score (nSPS) is 11.4. The Morgan fingerprint density at radius 2 is 1.69 bits per heavy atom. The first-order valence-electron chi connectivity index (χ1n) is 9.72. The van der Waals surface area contributed by atoms with E-state index < -0.39 is 34.1 Å². The van der Waals surface area contributed by atoms with Gasteiger partial charge in [-0.1, -0.05) is 30.3 Å². The van der Waals surface area contributed by atoms with Crippen LogP contribution in [0.1, 0.15) is 5.56 Å². The van der Waals surface area contributed by atoms with Crippen molar-refractivity contribution in [2.75, 3.05) is 25.5 Å². The molecule has 0 atom stereocenters. The van der Waals surface area contributed by atoms with Crippen molar-refractivity contribution in [3.8, 4) is 5.75 Å². The first kappa shape index (κ1) is 23.4. The Kier molecular flexibility index (Phi) is 7.55. The third-order valence-electron chi connectivity index (χ3n) is 4.72. The van der Waals surface area contributed by atoms with Crippen molar-refractivity contribution in [1.82, 2.24) is 4.31 Å². The number of halogens is 2. The minimum absolute atomic E-state index is 0.00729. The molecule has 1 N–H and O–H groups in total. The molecule has 3 aromatic rings. The molecule has 0 spiro atoms. The van der Waals surface area contributed by atoms with E-state index in [1.165, 1.54) is 31.4 Å². The number of amides is 1. The molecular weight excluding hydrogens is 438 g/mol. The summed E-state index contributed by atoms with van der Waals surface area (Å²) in [7, 11) is -2.57. The molecule has 0 heterocycles. The molecule has 0 bridgehead atoms. The number of rotatable bonds is 9. The van der Waals surface area contributed by atoms with Gasteiger partial charge in [0.1, 0.15) is 17.4 Å². The number of nitrogens with zero attached hydrogens (tertiary/aromatic N) is 1. The van der Waals surface area contributed by atoms with Gasteiger partial charge in [-0.15, -0.1) is 0 Å². The van der Waals surface area contributed by atoms with Gasteiger partial charge in [-0.25, -0.2) is 17.2 Å².